The molecule has 0 aliphatic rings. The average molecular weight is 193 g/mol. The molecule has 1 rings (SSSR count). The molecular formula is C10H8FNO2. The minimum Gasteiger partial charge on any atom is -0.392 e. The van der Waals surface area contributed by atoms with Crippen molar-refractivity contribution in [3.8, 4) is 11.8 Å². The van der Waals surface area contributed by atoms with Crippen LogP contribution in [0.4, 0.5) is 4.39 Å². The maximum Gasteiger partial charge on any atom is 0.293 e. The van der Waals surface area contributed by atoms with Gasteiger partial charge < -0.3 is 10.8 Å². The number of aliphatic hydroxyl groups is 1. The molecule has 1 amide bonds. The molecule has 0 radical (unpaired) electrons. The van der Waals surface area contributed by atoms with Crippen molar-refractivity contribution in [2.75, 3.05) is 0 Å². The number of hydrogen-bond acceptors (Lipinski definition) is 2. The smallest absolute Gasteiger partial charge is 0.293 e. The maximum atomic E-state index is 13.1. The summed E-state index contributed by atoms with van der Waals surface area (Å²) in [6, 6.07) is 4.07. The first-order valence-electron chi connectivity index (χ1n) is 3.84. The standard InChI is InChI=1S/C10H8FNO2/c11-9-5-7(6-13)1-2-8(9)3-4-10(12)14/h1-2,5,13H,6H2,(H2,12,14). The minimum absolute atomic E-state index is 0.0843. The van der Waals surface area contributed by atoms with Gasteiger partial charge in [0.25, 0.3) is 5.91 Å². The van der Waals surface area contributed by atoms with Gasteiger partial charge in [0.15, 0.2) is 0 Å². The third-order valence-corrected chi connectivity index (χ3v) is 1.54. The number of amides is 1. The van der Waals surface area contributed by atoms with Crippen LogP contribution in [0.3, 0.4) is 0 Å². The fraction of sp³-hybridized carbons (Fsp3) is 0.100. The van der Waals surface area contributed by atoms with Crippen molar-refractivity contribution in [3.63, 3.8) is 0 Å². The summed E-state index contributed by atoms with van der Waals surface area (Å²) in [4.78, 5) is 10.3. The molecule has 0 aliphatic heterocycles. The second kappa shape index (κ2) is 4.40. The maximum absolute atomic E-state index is 13.1. The van der Waals surface area contributed by atoms with Crippen LogP contribution in [0.1, 0.15) is 11.1 Å². The monoisotopic (exact) mass is 193 g/mol. The van der Waals surface area contributed by atoms with E-state index in [2.05, 4.69) is 5.92 Å². The fourth-order valence-electron chi connectivity index (χ4n) is 0.887. The van der Waals surface area contributed by atoms with E-state index < -0.39 is 11.7 Å². The molecule has 0 spiro atoms. The van der Waals surface area contributed by atoms with E-state index in [9.17, 15) is 9.18 Å². The van der Waals surface area contributed by atoms with E-state index in [0.29, 0.717) is 5.56 Å². The van der Waals surface area contributed by atoms with Crippen molar-refractivity contribution in [2.45, 2.75) is 6.61 Å². The van der Waals surface area contributed by atoms with Crippen molar-refractivity contribution in [2.24, 2.45) is 5.73 Å². The Morgan fingerprint density at radius 2 is 2.29 bits per heavy atom. The van der Waals surface area contributed by atoms with Gasteiger partial charge in [-0.3, -0.25) is 4.79 Å². The van der Waals surface area contributed by atoms with Gasteiger partial charge in [0.1, 0.15) is 5.82 Å². The topological polar surface area (TPSA) is 63.3 Å². The highest BCUT2D eigenvalue weighted by Crippen LogP contribution is 2.08. The normalized spacial score (nSPS) is 9.00. The quantitative estimate of drug-likeness (QED) is 0.624. The zero-order valence-corrected chi connectivity index (χ0v) is 7.25. The lowest BCUT2D eigenvalue weighted by molar-refractivity contribution is -0.112. The summed E-state index contributed by atoms with van der Waals surface area (Å²) in [5.41, 5.74) is 5.31. The summed E-state index contributed by atoms with van der Waals surface area (Å²) in [7, 11) is 0. The summed E-state index contributed by atoms with van der Waals surface area (Å²) in [5, 5.41) is 8.69. The molecule has 1 aromatic rings. The number of carbonyl (C=O) groups is 1. The molecule has 0 unspecified atom stereocenters. The number of hydrogen-bond donors (Lipinski definition) is 2. The molecule has 14 heavy (non-hydrogen) atoms. The average Bonchev–Trinajstić information content (AvgIpc) is 2.15. The zero-order valence-electron chi connectivity index (χ0n) is 7.25. The van der Waals surface area contributed by atoms with Gasteiger partial charge in [0.05, 0.1) is 12.2 Å². The number of rotatable bonds is 1. The van der Waals surface area contributed by atoms with Crippen molar-refractivity contribution < 1.29 is 14.3 Å². The summed E-state index contributed by atoms with van der Waals surface area (Å²) in [6.07, 6.45) is 0. The van der Waals surface area contributed by atoms with Crippen LogP contribution >= 0.6 is 0 Å². The molecule has 0 bridgehead atoms. The second-order valence-corrected chi connectivity index (χ2v) is 2.59. The van der Waals surface area contributed by atoms with Crippen LogP contribution in [-0.4, -0.2) is 11.0 Å². The zero-order chi connectivity index (χ0) is 10.6. The van der Waals surface area contributed by atoms with E-state index >= 15 is 0 Å². The number of aliphatic hydroxyl groups excluding tert-OH is 1. The van der Waals surface area contributed by atoms with Crippen LogP contribution < -0.4 is 5.73 Å². The van der Waals surface area contributed by atoms with Crippen LogP contribution in [0.5, 0.6) is 0 Å². The largest absolute Gasteiger partial charge is 0.392 e. The van der Waals surface area contributed by atoms with E-state index in [-0.39, 0.29) is 12.2 Å². The second-order valence-electron chi connectivity index (χ2n) is 2.59. The Balaban J connectivity index is 3.02. The third kappa shape index (κ3) is 2.57. The summed E-state index contributed by atoms with van der Waals surface area (Å²) < 4.78 is 13.1. The first-order chi connectivity index (χ1) is 6.63. The molecular weight excluding hydrogens is 185 g/mol. The summed E-state index contributed by atoms with van der Waals surface area (Å²) in [6.45, 7) is -0.236. The lowest BCUT2D eigenvalue weighted by Crippen LogP contribution is -2.06. The number of nitrogens with two attached hydrogens (primary N) is 1. The minimum atomic E-state index is -0.810. The highest BCUT2D eigenvalue weighted by Gasteiger charge is 2.00. The Hall–Kier alpha value is -1.86. The van der Waals surface area contributed by atoms with E-state index in [1.807, 2.05) is 5.92 Å². The molecule has 0 saturated carbocycles. The van der Waals surface area contributed by atoms with Crippen molar-refractivity contribution >= 4 is 5.91 Å². The van der Waals surface area contributed by atoms with Crippen LogP contribution in [0.25, 0.3) is 0 Å². The molecule has 3 N–H and O–H groups in total. The van der Waals surface area contributed by atoms with Crippen LogP contribution in [0.15, 0.2) is 18.2 Å². The highest BCUT2D eigenvalue weighted by atomic mass is 19.1. The van der Waals surface area contributed by atoms with E-state index in [4.69, 9.17) is 10.8 Å². The first-order valence-corrected chi connectivity index (χ1v) is 3.84. The Bertz CT molecular complexity index is 418. The van der Waals surface area contributed by atoms with Crippen LogP contribution in [0.2, 0.25) is 0 Å². The highest BCUT2D eigenvalue weighted by molar-refractivity contribution is 5.92. The number of benzene rings is 1. The van der Waals surface area contributed by atoms with Gasteiger partial charge in [0, 0.05) is 5.92 Å². The molecule has 0 saturated heterocycles. The van der Waals surface area contributed by atoms with Gasteiger partial charge in [-0.15, -0.1) is 0 Å². The molecule has 0 heterocycles. The molecule has 72 valence electrons. The number of carbonyl (C=O) groups excluding carboxylic acids is 1. The van der Waals surface area contributed by atoms with Gasteiger partial charge in [-0.25, -0.2) is 4.39 Å². The predicted molar refractivity (Wildman–Crippen MR) is 48.4 cm³/mol. The lowest BCUT2D eigenvalue weighted by Gasteiger charge is -1.97. The van der Waals surface area contributed by atoms with E-state index in [0.717, 1.165) is 6.07 Å². The van der Waals surface area contributed by atoms with Gasteiger partial charge in [0.2, 0.25) is 0 Å². The third-order valence-electron chi connectivity index (χ3n) is 1.54. The van der Waals surface area contributed by atoms with Gasteiger partial charge >= 0.3 is 0 Å². The molecule has 4 heteroatoms. The molecule has 0 aliphatic carbocycles. The number of primary amides is 1. The van der Waals surface area contributed by atoms with Gasteiger partial charge in [-0.1, -0.05) is 12.0 Å². The van der Waals surface area contributed by atoms with E-state index in [1.165, 1.54) is 12.1 Å². The van der Waals surface area contributed by atoms with Crippen molar-refractivity contribution in [1.82, 2.24) is 0 Å². The fourth-order valence-corrected chi connectivity index (χ4v) is 0.887. The Kier molecular flexibility index (Phi) is 3.21. The number of halogens is 1. The van der Waals surface area contributed by atoms with Gasteiger partial charge in [-0.2, -0.15) is 0 Å². The first kappa shape index (κ1) is 10.2. The molecule has 0 atom stereocenters. The van der Waals surface area contributed by atoms with Gasteiger partial charge in [-0.05, 0) is 17.7 Å². The molecule has 3 nitrogen and oxygen atoms in total. The molecule has 0 aromatic heterocycles. The Morgan fingerprint density at radius 1 is 1.57 bits per heavy atom. The van der Waals surface area contributed by atoms with Crippen molar-refractivity contribution in [1.29, 1.82) is 0 Å². The lowest BCUT2D eigenvalue weighted by atomic mass is 10.1. The Labute approximate surface area is 80.4 Å². The molecule has 0 fully saturated rings. The summed E-state index contributed by atoms with van der Waals surface area (Å²) >= 11 is 0. The molecule has 1 aromatic carbocycles. The van der Waals surface area contributed by atoms with Crippen molar-refractivity contribution in [3.05, 3.63) is 35.1 Å². The van der Waals surface area contributed by atoms with E-state index in [1.54, 1.807) is 0 Å². The Morgan fingerprint density at radius 3 is 2.79 bits per heavy atom. The van der Waals surface area contributed by atoms with Crippen LogP contribution in [-0.2, 0) is 11.4 Å². The predicted octanol–water partition coefficient (Wildman–Crippen LogP) is 0.155. The summed E-state index contributed by atoms with van der Waals surface area (Å²) in [5.74, 6) is 2.92. The SMILES string of the molecule is NC(=O)C#Cc1ccc(CO)cc1F. The van der Waals surface area contributed by atoms with Crippen LogP contribution in [0, 0.1) is 17.7 Å².